The highest BCUT2D eigenvalue weighted by atomic mass is 127. The first-order chi connectivity index (χ1) is 15.6. The van der Waals surface area contributed by atoms with Gasteiger partial charge in [-0.2, -0.15) is 0 Å². The number of hydrogen-bond donors (Lipinski definition) is 2. The first-order valence-corrected chi connectivity index (χ1v) is 11.3. The lowest BCUT2D eigenvalue weighted by Gasteiger charge is -2.35. The van der Waals surface area contributed by atoms with E-state index in [4.69, 9.17) is 14.5 Å². The number of benzene rings is 2. The molecule has 0 radical (unpaired) electrons. The average molecular weight is 568 g/mol. The van der Waals surface area contributed by atoms with E-state index in [1.54, 1.807) is 7.11 Å². The van der Waals surface area contributed by atoms with Gasteiger partial charge in [0.25, 0.3) is 0 Å². The zero-order valence-electron chi connectivity index (χ0n) is 20.2. The number of nitrogens with zero attached hydrogens (tertiary/aromatic N) is 3. The molecule has 1 heterocycles. The van der Waals surface area contributed by atoms with E-state index < -0.39 is 0 Å². The van der Waals surface area contributed by atoms with E-state index in [0.717, 1.165) is 51.1 Å². The van der Waals surface area contributed by atoms with E-state index in [1.165, 1.54) is 16.8 Å². The SMILES string of the molecule is CCNC(=NCc1ccc(N(C)C)cc1)NCC(c1ccc(OC)cc1)N1CCOCC1.I. The van der Waals surface area contributed by atoms with Crippen molar-refractivity contribution in [3.05, 3.63) is 59.7 Å². The van der Waals surface area contributed by atoms with Gasteiger partial charge < -0.3 is 25.0 Å². The molecular formula is C25H38IN5O2. The number of guanidine groups is 1. The topological polar surface area (TPSA) is 61.4 Å². The molecule has 1 aliphatic rings. The van der Waals surface area contributed by atoms with Gasteiger partial charge >= 0.3 is 0 Å². The number of anilines is 1. The third kappa shape index (κ3) is 8.35. The van der Waals surface area contributed by atoms with Crippen LogP contribution in [0.1, 0.15) is 24.1 Å². The summed E-state index contributed by atoms with van der Waals surface area (Å²) in [7, 11) is 5.80. The third-order valence-corrected chi connectivity index (χ3v) is 5.67. The van der Waals surface area contributed by atoms with Crippen molar-refractivity contribution < 1.29 is 9.47 Å². The second kappa shape index (κ2) is 14.3. The van der Waals surface area contributed by atoms with Crippen molar-refractivity contribution in [3.63, 3.8) is 0 Å². The molecule has 0 saturated carbocycles. The van der Waals surface area contributed by atoms with Crippen molar-refractivity contribution in [2.75, 3.05) is 65.5 Å². The predicted molar refractivity (Wildman–Crippen MR) is 147 cm³/mol. The van der Waals surface area contributed by atoms with Crippen LogP contribution in [0.2, 0.25) is 0 Å². The van der Waals surface area contributed by atoms with Crippen molar-refractivity contribution in [1.29, 1.82) is 0 Å². The van der Waals surface area contributed by atoms with E-state index in [9.17, 15) is 0 Å². The van der Waals surface area contributed by atoms with Gasteiger partial charge in [-0.3, -0.25) is 4.90 Å². The quantitative estimate of drug-likeness (QED) is 0.275. The minimum absolute atomic E-state index is 0. The normalized spacial score (nSPS) is 15.3. The summed E-state index contributed by atoms with van der Waals surface area (Å²) >= 11 is 0. The first kappa shape index (κ1) is 27.2. The van der Waals surface area contributed by atoms with Crippen LogP contribution in [0.15, 0.2) is 53.5 Å². The summed E-state index contributed by atoms with van der Waals surface area (Å²) in [6, 6.07) is 17.1. The van der Waals surface area contributed by atoms with Crippen LogP contribution in [-0.2, 0) is 11.3 Å². The van der Waals surface area contributed by atoms with Crippen LogP contribution >= 0.6 is 24.0 Å². The lowest BCUT2D eigenvalue weighted by atomic mass is 10.0. The summed E-state index contributed by atoms with van der Waals surface area (Å²) in [4.78, 5) is 9.39. The van der Waals surface area contributed by atoms with Crippen molar-refractivity contribution >= 4 is 35.6 Å². The Morgan fingerprint density at radius 2 is 1.73 bits per heavy atom. The van der Waals surface area contributed by atoms with Crippen molar-refractivity contribution in [2.45, 2.75) is 19.5 Å². The Bertz CT molecular complexity index is 837. The maximum atomic E-state index is 5.58. The molecule has 3 rings (SSSR count). The number of ether oxygens (including phenoxy) is 2. The Morgan fingerprint density at radius 3 is 2.30 bits per heavy atom. The van der Waals surface area contributed by atoms with Crippen LogP contribution in [0.5, 0.6) is 5.75 Å². The number of nitrogens with one attached hydrogen (secondary N) is 2. The molecule has 2 aromatic carbocycles. The Labute approximate surface area is 215 Å². The highest BCUT2D eigenvalue weighted by Gasteiger charge is 2.23. The van der Waals surface area contributed by atoms with Gasteiger partial charge in [0.05, 0.1) is 32.9 Å². The number of halogens is 1. The Balaban J connectivity index is 0.00000385. The number of rotatable bonds is 9. The molecule has 182 valence electrons. The summed E-state index contributed by atoms with van der Waals surface area (Å²) in [6.07, 6.45) is 0. The molecule has 8 heteroatoms. The minimum Gasteiger partial charge on any atom is -0.497 e. The van der Waals surface area contributed by atoms with Gasteiger partial charge in [0.1, 0.15) is 5.75 Å². The molecule has 1 saturated heterocycles. The second-order valence-electron chi connectivity index (χ2n) is 8.07. The summed E-state index contributed by atoms with van der Waals surface area (Å²) in [5.41, 5.74) is 3.64. The maximum Gasteiger partial charge on any atom is 0.191 e. The monoisotopic (exact) mass is 567 g/mol. The Kier molecular flexibility index (Phi) is 11.8. The molecule has 2 aromatic rings. The smallest absolute Gasteiger partial charge is 0.191 e. The average Bonchev–Trinajstić information content (AvgIpc) is 2.84. The summed E-state index contributed by atoms with van der Waals surface area (Å²) in [6.45, 7) is 7.68. The van der Waals surface area contributed by atoms with E-state index >= 15 is 0 Å². The van der Waals surface area contributed by atoms with Gasteiger partial charge in [0.15, 0.2) is 5.96 Å². The van der Waals surface area contributed by atoms with Crippen LogP contribution in [0, 0.1) is 0 Å². The molecular weight excluding hydrogens is 529 g/mol. The highest BCUT2D eigenvalue weighted by Crippen LogP contribution is 2.23. The van der Waals surface area contributed by atoms with Crippen molar-refractivity contribution in [3.8, 4) is 5.75 Å². The standard InChI is InChI=1S/C25H37N5O2.HI/c1-5-26-25(27-18-20-6-10-22(11-7-20)29(2)3)28-19-24(30-14-16-32-17-15-30)21-8-12-23(31-4)13-9-21;/h6-13,24H,5,14-19H2,1-4H3,(H2,26,27,28);1H. The van der Waals surface area contributed by atoms with Gasteiger partial charge in [-0.1, -0.05) is 24.3 Å². The maximum absolute atomic E-state index is 5.58. The zero-order chi connectivity index (χ0) is 22.8. The largest absolute Gasteiger partial charge is 0.497 e. The van der Waals surface area contributed by atoms with Gasteiger partial charge in [-0.05, 0) is 42.3 Å². The van der Waals surface area contributed by atoms with E-state index in [1.807, 2.05) is 26.2 Å². The third-order valence-electron chi connectivity index (χ3n) is 5.67. The van der Waals surface area contributed by atoms with Crippen LogP contribution in [0.3, 0.4) is 0 Å². The van der Waals surface area contributed by atoms with Gasteiger partial charge in [-0.15, -0.1) is 24.0 Å². The number of methoxy groups -OCH3 is 1. The van der Waals surface area contributed by atoms with Gasteiger partial charge in [0.2, 0.25) is 0 Å². The molecule has 1 atom stereocenters. The fourth-order valence-corrected chi connectivity index (χ4v) is 3.78. The number of hydrogen-bond acceptors (Lipinski definition) is 5. The molecule has 0 bridgehead atoms. The van der Waals surface area contributed by atoms with E-state index in [0.29, 0.717) is 6.54 Å². The molecule has 1 fully saturated rings. The lowest BCUT2D eigenvalue weighted by Crippen LogP contribution is -2.46. The molecule has 0 aromatic heterocycles. The van der Waals surface area contributed by atoms with Crippen molar-refractivity contribution in [1.82, 2.24) is 15.5 Å². The number of aliphatic imine (C=N–C) groups is 1. The predicted octanol–water partition coefficient (Wildman–Crippen LogP) is 3.51. The number of morpholine rings is 1. The van der Waals surface area contributed by atoms with Crippen molar-refractivity contribution in [2.24, 2.45) is 4.99 Å². The van der Waals surface area contributed by atoms with E-state index in [2.05, 4.69) is 63.8 Å². The Hall–Kier alpha value is -2.04. The van der Waals surface area contributed by atoms with E-state index in [-0.39, 0.29) is 30.0 Å². The van der Waals surface area contributed by atoms with Crippen LogP contribution in [-0.4, -0.2) is 71.5 Å². The highest BCUT2D eigenvalue weighted by molar-refractivity contribution is 14.0. The Morgan fingerprint density at radius 1 is 1.06 bits per heavy atom. The second-order valence-corrected chi connectivity index (χ2v) is 8.07. The first-order valence-electron chi connectivity index (χ1n) is 11.3. The fourth-order valence-electron chi connectivity index (χ4n) is 3.78. The molecule has 1 unspecified atom stereocenters. The molecule has 0 spiro atoms. The summed E-state index contributed by atoms with van der Waals surface area (Å²) in [5.74, 6) is 1.70. The lowest BCUT2D eigenvalue weighted by molar-refractivity contribution is 0.0170. The zero-order valence-corrected chi connectivity index (χ0v) is 22.5. The molecule has 2 N–H and O–H groups in total. The fraction of sp³-hybridized carbons (Fsp3) is 0.480. The van der Waals surface area contributed by atoms with Crippen LogP contribution in [0.25, 0.3) is 0 Å². The minimum atomic E-state index is 0. The van der Waals surface area contributed by atoms with Gasteiger partial charge in [-0.25, -0.2) is 4.99 Å². The molecule has 1 aliphatic heterocycles. The summed E-state index contributed by atoms with van der Waals surface area (Å²) in [5, 5.41) is 6.94. The van der Waals surface area contributed by atoms with Crippen LogP contribution in [0.4, 0.5) is 5.69 Å². The van der Waals surface area contributed by atoms with Gasteiger partial charge in [0, 0.05) is 46.0 Å². The van der Waals surface area contributed by atoms with Crippen LogP contribution < -0.4 is 20.3 Å². The molecule has 7 nitrogen and oxygen atoms in total. The molecule has 0 amide bonds. The summed E-state index contributed by atoms with van der Waals surface area (Å²) < 4.78 is 10.9. The molecule has 33 heavy (non-hydrogen) atoms. The molecule has 0 aliphatic carbocycles.